The van der Waals surface area contributed by atoms with Crippen molar-refractivity contribution in [3.63, 3.8) is 0 Å². The van der Waals surface area contributed by atoms with E-state index in [4.69, 9.17) is 4.74 Å². The van der Waals surface area contributed by atoms with Gasteiger partial charge in [-0.2, -0.15) is 0 Å². The lowest BCUT2D eigenvalue weighted by atomic mass is 10.2. The Labute approximate surface area is 163 Å². The lowest BCUT2D eigenvalue weighted by Gasteiger charge is -2.19. The van der Waals surface area contributed by atoms with Crippen LogP contribution in [0.4, 0.5) is 10.5 Å². The number of amides is 3. The Kier molecular flexibility index (Phi) is 7.08. The summed E-state index contributed by atoms with van der Waals surface area (Å²) < 4.78 is 5.06. The molecule has 2 aromatic rings. The second kappa shape index (κ2) is 9.50. The molecule has 2 rings (SSSR count). The lowest BCUT2D eigenvalue weighted by molar-refractivity contribution is -0.115. The number of nitrogens with zero attached hydrogens (tertiary/aromatic N) is 1. The maximum absolute atomic E-state index is 12.0. The third-order valence-electron chi connectivity index (χ3n) is 3.41. The normalized spacial score (nSPS) is 10.7. The molecule has 28 heavy (non-hydrogen) atoms. The van der Waals surface area contributed by atoms with Crippen molar-refractivity contribution in [1.29, 1.82) is 0 Å². The zero-order chi connectivity index (χ0) is 20.6. The van der Waals surface area contributed by atoms with Crippen molar-refractivity contribution in [2.75, 3.05) is 11.9 Å². The van der Waals surface area contributed by atoms with E-state index in [1.165, 1.54) is 6.20 Å². The Morgan fingerprint density at radius 3 is 2.36 bits per heavy atom. The third kappa shape index (κ3) is 7.45. The molecule has 3 amide bonds. The van der Waals surface area contributed by atoms with Crippen LogP contribution in [0.15, 0.2) is 48.8 Å². The van der Waals surface area contributed by atoms with Gasteiger partial charge >= 0.3 is 6.09 Å². The highest BCUT2D eigenvalue weighted by molar-refractivity contribution is 5.94. The first-order valence-electron chi connectivity index (χ1n) is 8.77. The molecule has 0 saturated carbocycles. The molecule has 3 N–H and O–H groups in total. The summed E-state index contributed by atoms with van der Waals surface area (Å²) in [4.78, 5) is 39.3. The molecule has 0 radical (unpaired) electrons. The van der Waals surface area contributed by atoms with Crippen LogP contribution >= 0.6 is 0 Å². The van der Waals surface area contributed by atoms with Gasteiger partial charge in [0.2, 0.25) is 5.91 Å². The summed E-state index contributed by atoms with van der Waals surface area (Å²) in [5.74, 6) is -0.581. The molecule has 0 unspecified atom stereocenters. The van der Waals surface area contributed by atoms with Crippen LogP contribution in [0, 0.1) is 0 Å². The minimum Gasteiger partial charge on any atom is -0.444 e. The minimum absolute atomic E-state index is 0.197. The van der Waals surface area contributed by atoms with Crippen LogP contribution in [0.5, 0.6) is 0 Å². The SMILES string of the molecule is CC(C)(C)OC(=O)NCC(=O)Nc1ccc(CNC(=O)c2cccnc2)cc1. The Hall–Kier alpha value is -3.42. The predicted octanol–water partition coefficient (Wildman–Crippen LogP) is 2.47. The first kappa shape index (κ1) is 20.9. The Morgan fingerprint density at radius 1 is 1.04 bits per heavy atom. The summed E-state index contributed by atoms with van der Waals surface area (Å²) in [6, 6.07) is 10.4. The van der Waals surface area contributed by atoms with Crippen LogP contribution in [-0.4, -0.2) is 35.0 Å². The molecule has 0 aliphatic heterocycles. The molecule has 0 saturated heterocycles. The lowest BCUT2D eigenvalue weighted by Crippen LogP contribution is -2.37. The standard InChI is InChI=1S/C20H24N4O4/c1-20(2,3)28-19(27)23-13-17(25)24-16-8-6-14(7-9-16)11-22-18(26)15-5-4-10-21-12-15/h4-10,12H,11,13H2,1-3H3,(H,22,26)(H,23,27)(H,24,25). The van der Waals surface area contributed by atoms with Crippen molar-refractivity contribution >= 4 is 23.6 Å². The number of rotatable bonds is 6. The summed E-state index contributed by atoms with van der Waals surface area (Å²) >= 11 is 0. The van der Waals surface area contributed by atoms with E-state index < -0.39 is 11.7 Å². The first-order valence-corrected chi connectivity index (χ1v) is 8.77. The van der Waals surface area contributed by atoms with Gasteiger partial charge in [-0.05, 0) is 50.6 Å². The summed E-state index contributed by atoms with van der Waals surface area (Å²) in [7, 11) is 0. The topological polar surface area (TPSA) is 109 Å². The molecule has 8 nitrogen and oxygen atoms in total. The first-order chi connectivity index (χ1) is 13.2. The van der Waals surface area contributed by atoms with Crippen molar-refractivity contribution in [2.45, 2.75) is 32.9 Å². The monoisotopic (exact) mass is 384 g/mol. The fraction of sp³-hybridized carbons (Fsp3) is 0.300. The molecule has 0 spiro atoms. The molecule has 0 aliphatic rings. The van der Waals surface area contributed by atoms with Crippen molar-refractivity contribution in [2.24, 2.45) is 0 Å². The van der Waals surface area contributed by atoms with Crippen molar-refractivity contribution in [1.82, 2.24) is 15.6 Å². The Bertz CT molecular complexity index is 814. The Morgan fingerprint density at radius 2 is 1.75 bits per heavy atom. The molecule has 8 heteroatoms. The van der Waals surface area contributed by atoms with Crippen LogP contribution in [0.25, 0.3) is 0 Å². The second-order valence-corrected chi connectivity index (χ2v) is 7.02. The quantitative estimate of drug-likeness (QED) is 0.709. The average molecular weight is 384 g/mol. The van der Waals surface area contributed by atoms with E-state index >= 15 is 0 Å². The fourth-order valence-corrected chi connectivity index (χ4v) is 2.16. The number of anilines is 1. The van der Waals surface area contributed by atoms with E-state index in [0.29, 0.717) is 17.8 Å². The van der Waals surface area contributed by atoms with Gasteiger partial charge in [-0.25, -0.2) is 4.79 Å². The highest BCUT2D eigenvalue weighted by Crippen LogP contribution is 2.10. The maximum atomic E-state index is 12.0. The van der Waals surface area contributed by atoms with Gasteiger partial charge in [0.15, 0.2) is 0 Å². The predicted molar refractivity (Wildman–Crippen MR) is 105 cm³/mol. The molecular weight excluding hydrogens is 360 g/mol. The minimum atomic E-state index is -0.651. The summed E-state index contributed by atoms with van der Waals surface area (Å²) in [5.41, 5.74) is 1.33. The van der Waals surface area contributed by atoms with Gasteiger partial charge in [0.25, 0.3) is 5.91 Å². The van der Waals surface area contributed by atoms with Gasteiger partial charge in [-0.15, -0.1) is 0 Å². The van der Waals surface area contributed by atoms with E-state index in [9.17, 15) is 14.4 Å². The number of nitrogens with one attached hydrogen (secondary N) is 3. The van der Waals surface area contributed by atoms with Crippen LogP contribution in [0.2, 0.25) is 0 Å². The third-order valence-corrected chi connectivity index (χ3v) is 3.41. The number of aromatic nitrogens is 1. The van der Waals surface area contributed by atoms with Crippen LogP contribution in [0.1, 0.15) is 36.7 Å². The van der Waals surface area contributed by atoms with Gasteiger partial charge in [0, 0.05) is 24.6 Å². The van der Waals surface area contributed by atoms with E-state index in [1.807, 2.05) is 0 Å². The number of carbonyl (C=O) groups is 3. The number of pyridine rings is 1. The second-order valence-electron chi connectivity index (χ2n) is 7.02. The smallest absolute Gasteiger partial charge is 0.408 e. The largest absolute Gasteiger partial charge is 0.444 e. The highest BCUT2D eigenvalue weighted by Gasteiger charge is 2.16. The van der Waals surface area contributed by atoms with Crippen LogP contribution < -0.4 is 16.0 Å². The molecular formula is C20H24N4O4. The molecule has 0 aliphatic carbocycles. The number of hydrogen-bond donors (Lipinski definition) is 3. The molecule has 0 atom stereocenters. The number of alkyl carbamates (subject to hydrolysis) is 1. The zero-order valence-electron chi connectivity index (χ0n) is 16.1. The average Bonchev–Trinajstić information content (AvgIpc) is 2.65. The van der Waals surface area contributed by atoms with Crippen molar-refractivity contribution in [3.05, 3.63) is 59.9 Å². The van der Waals surface area contributed by atoms with Crippen LogP contribution in [-0.2, 0) is 16.1 Å². The Balaban J connectivity index is 1.76. The molecule has 1 aromatic carbocycles. The fourth-order valence-electron chi connectivity index (χ4n) is 2.16. The van der Waals surface area contributed by atoms with E-state index in [-0.39, 0.29) is 18.4 Å². The molecule has 0 bridgehead atoms. The van der Waals surface area contributed by atoms with Crippen molar-refractivity contribution < 1.29 is 19.1 Å². The maximum Gasteiger partial charge on any atom is 0.408 e. The van der Waals surface area contributed by atoms with Crippen LogP contribution in [0.3, 0.4) is 0 Å². The van der Waals surface area contributed by atoms with Gasteiger partial charge in [0.05, 0.1) is 5.56 Å². The zero-order valence-corrected chi connectivity index (χ0v) is 16.1. The number of benzene rings is 1. The number of carbonyl (C=O) groups excluding carboxylic acids is 3. The number of ether oxygens (including phenoxy) is 1. The molecule has 148 valence electrons. The van der Waals surface area contributed by atoms with Gasteiger partial charge < -0.3 is 20.7 Å². The number of hydrogen-bond acceptors (Lipinski definition) is 5. The molecule has 1 aromatic heterocycles. The van der Waals surface area contributed by atoms with E-state index in [0.717, 1.165) is 5.56 Å². The van der Waals surface area contributed by atoms with Gasteiger partial charge in [-0.1, -0.05) is 12.1 Å². The molecule has 0 fully saturated rings. The van der Waals surface area contributed by atoms with Gasteiger partial charge in [0.1, 0.15) is 12.1 Å². The summed E-state index contributed by atoms with van der Waals surface area (Å²) in [5, 5.41) is 7.87. The van der Waals surface area contributed by atoms with Gasteiger partial charge in [-0.3, -0.25) is 14.6 Å². The van der Waals surface area contributed by atoms with E-state index in [1.54, 1.807) is 63.4 Å². The summed E-state index contributed by atoms with van der Waals surface area (Å²) in [6.45, 7) is 5.38. The highest BCUT2D eigenvalue weighted by atomic mass is 16.6. The van der Waals surface area contributed by atoms with Crippen molar-refractivity contribution in [3.8, 4) is 0 Å². The summed E-state index contributed by atoms with van der Waals surface area (Å²) in [6.07, 6.45) is 2.45. The molecule has 1 heterocycles. The van der Waals surface area contributed by atoms with E-state index in [2.05, 4.69) is 20.9 Å².